The van der Waals surface area contributed by atoms with Gasteiger partial charge in [-0.05, 0) is 0 Å². The maximum absolute atomic E-state index is 4.28. The van der Waals surface area contributed by atoms with E-state index in [9.17, 15) is 0 Å². The van der Waals surface area contributed by atoms with Gasteiger partial charge in [0, 0.05) is 39.2 Å². The van der Waals surface area contributed by atoms with Crippen LogP contribution in [0.15, 0.2) is 6.33 Å². The highest BCUT2D eigenvalue weighted by molar-refractivity contribution is 5.47. The number of hydrogen-bond acceptors (Lipinski definition) is 4. The van der Waals surface area contributed by atoms with Crippen LogP contribution in [0, 0.1) is 0 Å². The lowest BCUT2D eigenvalue weighted by Gasteiger charge is -2.21. The van der Waals surface area contributed by atoms with Crippen molar-refractivity contribution in [3.63, 3.8) is 0 Å². The molecule has 1 aliphatic heterocycles. The van der Waals surface area contributed by atoms with Gasteiger partial charge in [0.1, 0.15) is 12.1 Å². The average molecular weight is 178 g/mol. The molecule has 2 rings (SSSR count). The summed E-state index contributed by atoms with van der Waals surface area (Å²) >= 11 is 0. The molecule has 4 nitrogen and oxygen atoms in total. The van der Waals surface area contributed by atoms with Crippen molar-refractivity contribution in [2.45, 2.75) is 13.0 Å². The lowest BCUT2D eigenvalue weighted by molar-refractivity contribution is 0.625. The number of rotatable bonds is 1. The third-order valence-electron chi connectivity index (χ3n) is 2.28. The summed E-state index contributed by atoms with van der Waals surface area (Å²) in [6.45, 7) is 1.92. The predicted molar refractivity (Wildman–Crippen MR) is 51.8 cm³/mol. The quantitative estimate of drug-likeness (QED) is 0.666. The van der Waals surface area contributed by atoms with Crippen LogP contribution >= 0.6 is 0 Å². The molecular formula is C9H14N4. The van der Waals surface area contributed by atoms with Crippen molar-refractivity contribution in [1.82, 2.24) is 15.3 Å². The van der Waals surface area contributed by atoms with E-state index in [1.54, 1.807) is 6.33 Å². The first kappa shape index (κ1) is 8.44. The molecule has 0 saturated heterocycles. The largest absolute Gasteiger partial charge is 0.362 e. The van der Waals surface area contributed by atoms with Crippen molar-refractivity contribution >= 4 is 5.82 Å². The van der Waals surface area contributed by atoms with Crippen molar-refractivity contribution in [2.75, 3.05) is 25.5 Å². The second kappa shape index (κ2) is 3.30. The number of hydrogen-bond donors (Lipinski definition) is 1. The zero-order valence-electron chi connectivity index (χ0n) is 8.04. The van der Waals surface area contributed by atoms with E-state index in [2.05, 4.69) is 15.3 Å². The molecule has 0 bridgehead atoms. The van der Waals surface area contributed by atoms with Crippen LogP contribution in [-0.4, -0.2) is 30.6 Å². The second-order valence-corrected chi connectivity index (χ2v) is 3.44. The summed E-state index contributed by atoms with van der Waals surface area (Å²) in [5.41, 5.74) is 2.44. The summed E-state index contributed by atoms with van der Waals surface area (Å²) in [7, 11) is 4.02. The Morgan fingerprint density at radius 1 is 1.38 bits per heavy atom. The van der Waals surface area contributed by atoms with Crippen LogP contribution in [0.2, 0.25) is 0 Å². The molecule has 0 amide bonds. The van der Waals surface area contributed by atoms with Gasteiger partial charge in [0.15, 0.2) is 0 Å². The fraction of sp³-hybridized carbons (Fsp3) is 0.556. The summed E-state index contributed by atoms with van der Waals surface area (Å²) in [5, 5.41) is 3.33. The standard InChI is InChI=1S/C9H14N4/c1-13(2)9-7-5-10-4-3-8(7)11-6-12-9/h6,10H,3-5H2,1-2H3. The molecule has 0 fully saturated rings. The van der Waals surface area contributed by atoms with Gasteiger partial charge in [-0.1, -0.05) is 0 Å². The minimum absolute atomic E-state index is 0.893. The lowest BCUT2D eigenvalue weighted by atomic mass is 10.1. The van der Waals surface area contributed by atoms with E-state index >= 15 is 0 Å². The van der Waals surface area contributed by atoms with Crippen molar-refractivity contribution in [3.8, 4) is 0 Å². The Morgan fingerprint density at radius 3 is 3.00 bits per heavy atom. The first-order valence-electron chi connectivity index (χ1n) is 4.50. The van der Waals surface area contributed by atoms with Gasteiger partial charge in [0.05, 0.1) is 5.69 Å². The van der Waals surface area contributed by atoms with Crippen molar-refractivity contribution in [1.29, 1.82) is 0 Å². The van der Waals surface area contributed by atoms with E-state index in [1.807, 2.05) is 19.0 Å². The average Bonchev–Trinajstić information content (AvgIpc) is 2.17. The van der Waals surface area contributed by atoms with E-state index < -0.39 is 0 Å². The number of aromatic nitrogens is 2. The molecule has 0 atom stereocenters. The van der Waals surface area contributed by atoms with Gasteiger partial charge in [-0.25, -0.2) is 9.97 Å². The van der Waals surface area contributed by atoms with E-state index in [0.717, 1.165) is 25.3 Å². The highest BCUT2D eigenvalue weighted by atomic mass is 15.2. The summed E-state index contributed by atoms with van der Waals surface area (Å²) in [5.74, 6) is 1.04. The number of nitrogens with zero attached hydrogens (tertiary/aromatic N) is 3. The fourth-order valence-corrected chi connectivity index (χ4v) is 1.64. The molecule has 0 aliphatic carbocycles. The lowest BCUT2D eigenvalue weighted by Crippen LogP contribution is -2.27. The van der Waals surface area contributed by atoms with Gasteiger partial charge in [-0.3, -0.25) is 0 Å². The topological polar surface area (TPSA) is 41.1 Å². The summed E-state index contributed by atoms with van der Waals surface area (Å²) in [6.07, 6.45) is 2.66. The Morgan fingerprint density at radius 2 is 2.23 bits per heavy atom. The monoisotopic (exact) mass is 178 g/mol. The second-order valence-electron chi connectivity index (χ2n) is 3.44. The maximum Gasteiger partial charge on any atom is 0.136 e. The van der Waals surface area contributed by atoms with Crippen LogP contribution in [0.5, 0.6) is 0 Å². The number of anilines is 1. The minimum Gasteiger partial charge on any atom is -0.362 e. The predicted octanol–water partition coefficient (Wildman–Crippen LogP) is 0.188. The molecule has 13 heavy (non-hydrogen) atoms. The van der Waals surface area contributed by atoms with Crippen LogP contribution in [0.3, 0.4) is 0 Å². The van der Waals surface area contributed by atoms with Crippen molar-refractivity contribution in [3.05, 3.63) is 17.6 Å². The third-order valence-corrected chi connectivity index (χ3v) is 2.28. The normalized spacial score (nSPS) is 15.2. The Hall–Kier alpha value is -1.16. The number of nitrogens with one attached hydrogen (secondary N) is 1. The van der Waals surface area contributed by atoms with Gasteiger partial charge in [0.25, 0.3) is 0 Å². The molecule has 70 valence electrons. The SMILES string of the molecule is CN(C)c1ncnc2c1CNCC2. The molecular weight excluding hydrogens is 164 g/mol. The van der Waals surface area contributed by atoms with Crippen LogP contribution in [-0.2, 0) is 13.0 Å². The van der Waals surface area contributed by atoms with Gasteiger partial charge in [-0.15, -0.1) is 0 Å². The summed E-state index contributed by atoms with van der Waals surface area (Å²) < 4.78 is 0. The molecule has 4 heteroatoms. The van der Waals surface area contributed by atoms with E-state index in [4.69, 9.17) is 0 Å². The van der Waals surface area contributed by atoms with Crippen LogP contribution < -0.4 is 10.2 Å². The highest BCUT2D eigenvalue weighted by Crippen LogP contribution is 2.19. The fourth-order valence-electron chi connectivity index (χ4n) is 1.64. The van der Waals surface area contributed by atoms with Crippen LogP contribution in [0.4, 0.5) is 5.82 Å². The molecule has 0 radical (unpaired) electrons. The molecule has 0 unspecified atom stereocenters. The van der Waals surface area contributed by atoms with E-state index in [1.165, 1.54) is 11.3 Å². The van der Waals surface area contributed by atoms with Crippen LogP contribution in [0.25, 0.3) is 0 Å². The molecule has 1 N–H and O–H groups in total. The maximum atomic E-state index is 4.28. The smallest absolute Gasteiger partial charge is 0.136 e. The minimum atomic E-state index is 0.893. The Labute approximate surface area is 78.0 Å². The first-order chi connectivity index (χ1) is 6.29. The molecule has 0 spiro atoms. The summed E-state index contributed by atoms with van der Waals surface area (Å²) in [4.78, 5) is 10.6. The van der Waals surface area contributed by atoms with Crippen molar-refractivity contribution in [2.24, 2.45) is 0 Å². The van der Waals surface area contributed by atoms with E-state index in [0.29, 0.717) is 0 Å². The van der Waals surface area contributed by atoms with E-state index in [-0.39, 0.29) is 0 Å². The summed E-state index contributed by atoms with van der Waals surface area (Å²) in [6, 6.07) is 0. The van der Waals surface area contributed by atoms with Gasteiger partial charge in [-0.2, -0.15) is 0 Å². The molecule has 1 aromatic rings. The zero-order valence-corrected chi connectivity index (χ0v) is 8.04. The Bertz CT molecular complexity index is 308. The first-order valence-corrected chi connectivity index (χ1v) is 4.50. The van der Waals surface area contributed by atoms with Crippen molar-refractivity contribution < 1.29 is 0 Å². The van der Waals surface area contributed by atoms with Crippen LogP contribution in [0.1, 0.15) is 11.3 Å². The third kappa shape index (κ3) is 1.49. The molecule has 1 aromatic heterocycles. The molecule has 2 heterocycles. The Kier molecular flexibility index (Phi) is 2.14. The van der Waals surface area contributed by atoms with Gasteiger partial charge >= 0.3 is 0 Å². The molecule has 0 saturated carbocycles. The highest BCUT2D eigenvalue weighted by Gasteiger charge is 2.15. The molecule has 0 aromatic carbocycles. The Balaban J connectivity index is 2.46. The number of fused-ring (bicyclic) bond motifs is 1. The van der Waals surface area contributed by atoms with Gasteiger partial charge in [0.2, 0.25) is 0 Å². The van der Waals surface area contributed by atoms with Gasteiger partial charge < -0.3 is 10.2 Å². The molecule has 1 aliphatic rings. The zero-order chi connectivity index (χ0) is 9.26.